The highest BCUT2D eigenvalue weighted by Gasteiger charge is 2.21. The first-order valence-electron chi connectivity index (χ1n) is 9.32. The van der Waals surface area contributed by atoms with Gasteiger partial charge < -0.3 is 19.9 Å². The highest BCUT2D eigenvalue weighted by Crippen LogP contribution is 2.29. The number of urea groups is 1. The average molecular weight is 388 g/mol. The number of nitrogens with zero attached hydrogens (tertiary/aromatic N) is 2. The molecule has 6 heteroatoms. The van der Waals surface area contributed by atoms with E-state index in [-0.39, 0.29) is 6.03 Å². The molecule has 0 aromatic heterocycles. The molecular formula is C21H26ClN3O2. The zero-order valence-electron chi connectivity index (χ0n) is 15.7. The number of aryl methyl sites for hydroxylation is 1. The molecule has 27 heavy (non-hydrogen) atoms. The third-order valence-electron chi connectivity index (χ3n) is 4.83. The van der Waals surface area contributed by atoms with Crippen molar-refractivity contribution in [3.63, 3.8) is 0 Å². The number of hydrogen-bond acceptors (Lipinski definition) is 3. The summed E-state index contributed by atoms with van der Waals surface area (Å²) in [7, 11) is 1.61. The maximum atomic E-state index is 12.3. The largest absolute Gasteiger partial charge is 0.495 e. The third-order valence-corrected chi connectivity index (χ3v) is 5.12. The molecule has 1 saturated heterocycles. The van der Waals surface area contributed by atoms with Gasteiger partial charge in [0.15, 0.2) is 0 Å². The van der Waals surface area contributed by atoms with Gasteiger partial charge in [-0.2, -0.15) is 0 Å². The number of nitrogens with one attached hydrogen (secondary N) is 1. The Morgan fingerprint density at radius 3 is 2.52 bits per heavy atom. The van der Waals surface area contributed by atoms with Crippen LogP contribution in [0, 0.1) is 0 Å². The summed E-state index contributed by atoms with van der Waals surface area (Å²) < 4.78 is 5.20. The predicted molar refractivity (Wildman–Crippen MR) is 110 cm³/mol. The van der Waals surface area contributed by atoms with Gasteiger partial charge in [-0.1, -0.05) is 41.9 Å². The highest BCUT2D eigenvalue weighted by atomic mass is 35.5. The maximum absolute atomic E-state index is 12.3. The summed E-state index contributed by atoms with van der Waals surface area (Å²) in [5.74, 6) is 0.675. The number of piperazine rings is 1. The summed E-state index contributed by atoms with van der Waals surface area (Å²) in [5.41, 5.74) is 2.36. The first-order valence-corrected chi connectivity index (χ1v) is 9.70. The van der Waals surface area contributed by atoms with Crippen LogP contribution < -0.4 is 15.0 Å². The van der Waals surface area contributed by atoms with Gasteiger partial charge in [0, 0.05) is 38.4 Å². The third kappa shape index (κ3) is 5.30. The zero-order chi connectivity index (χ0) is 19.1. The van der Waals surface area contributed by atoms with Gasteiger partial charge in [0.2, 0.25) is 0 Å². The van der Waals surface area contributed by atoms with E-state index in [1.807, 2.05) is 41.3 Å². The lowest BCUT2D eigenvalue weighted by Crippen LogP contribution is -2.52. The van der Waals surface area contributed by atoms with Gasteiger partial charge in [0.25, 0.3) is 0 Å². The van der Waals surface area contributed by atoms with Crippen molar-refractivity contribution < 1.29 is 9.53 Å². The topological polar surface area (TPSA) is 44.8 Å². The zero-order valence-corrected chi connectivity index (χ0v) is 16.4. The molecule has 2 aromatic carbocycles. The van der Waals surface area contributed by atoms with E-state index in [1.54, 1.807) is 7.11 Å². The summed E-state index contributed by atoms with van der Waals surface area (Å²) in [6, 6.07) is 16.2. The number of benzene rings is 2. The number of carbonyl (C=O) groups excluding carboxylic acids is 1. The minimum atomic E-state index is 0.0236. The minimum Gasteiger partial charge on any atom is -0.495 e. The van der Waals surface area contributed by atoms with E-state index in [2.05, 4.69) is 22.3 Å². The Balaban J connectivity index is 1.40. The Morgan fingerprint density at radius 1 is 1.11 bits per heavy atom. The number of amides is 2. The smallest absolute Gasteiger partial charge is 0.317 e. The quantitative estimate of drug-likeness (QED) is 0.766. The summed E-state index contributed by atoms with van der Waals surface area (Å²) in [6.45, 7) is 3.69. The molecule has 0 radical (unpaired) electrons. The van der Waals surface area contributed by atoms with Gasteiger partial charge in [0.05, 0.1) is 12.1 Å². The van der Waals surface area contributed by atoms with E-state index in [1.165, 1.54) is 5.56 Å². The predicted octanol–water partition coefficient (Wildman–Crippen LogP) is 3.81. The molecule has 144 valence electrons. The van der Waals surface area contributed by atoms with Gasteiger partial charge in [-0.25, -0.2) is 4.79 Å². The number of rotatable bonds is 6. The fourth-order valence-corrected chi connectivity index (χ4v) is 3.52. The lowest BCUT2D eigenvalue weighted by Gasteiger charge is -2.36. The number of carbonyl (C=O) groups is 1. The van der Waals surface area contributed by atoms with Crippen molar-refractivity contribution in [2.75, 3.05) is 44.7 Å². The van der Waals surface area contributed by atoms with Crippen LogP contribution >= 0.6 is 11.6 Å². The van der Waals surface area contributed by atoms with Gasteiger partial charge >= 0.3 is 6.03 Å². The van der Waals surface area contributed by atoms with Crippen LogP contribution in [0.5, 0.6) is 5.75 Å². The number of hydrogen-bond donors (Lipinski definition) is 1. The van der Waals surface area contributed by atoms with Crippen LogP contribution in [0.15, 0.2) is 48.5 Å². The van der Waals surface area contributed by atoms with Crippen molar-refractivity contribution in [3.8, 4) is 5.75 Å². The average Bonchev–Trinajstić information content (AvgIpc) is 2.72. The molecule has 1 aliphatic heterocycles. The summed E-state index contributed by atoms with van der Waals surface area (Å²) >= 11 is 6.22. The van der Waals surface area contributed by atoms with Gasteiger partial charge in [-0.3, -0.25) is 0 Å². The maximum Gasteiger partial charge on any atom is 0.317 e. The molecule has 0 atom stereocenters. The lowest BCUT2D eigenvalue weighted by molar-refractivity contribution is 0.194. The number of ether oxygens (including phenoxy) is 1. The van der Waals surface area contributed by atoms with E-state index in [4.69, 9.17) is 16.3 Å². The molecule has 1 fully saturated rings. The molecule has 1 N–H and O–H groups in total. The molecule has 1 aliphatic rings. The van der Waals surface area contributed by atoms with Crippen molar-refractivity contribution in [1.29, 1.82) is 0 Å². The van der Waals surface area contributed by atoms with Gasteiger partial charge in [-0.15, -0.1) is 0 Å². The minimum absolute atomic E-state index is 0.0236. The van der Waals surface area contributed by atoms with Crippen molar-refractivity contribution in [3.05, 3.63) is 59.1 Å². The van der Waals surface area contributed by atoms with Crippen molar-refractivity contribution in [1.82, 2.24) is 10.2 Å². The van der Waals surface area contributed by atoms with Crippen LogP contribution in [0.3, 0.4) is 0 Å². The highest BCUT2D eigenvalue weighted by molar-refractivity contribution is 6.32. The van der Waals surface area contributed by atoms with Crippen molar-refractivity contribution in [2.45, 2.75) is 12.8 Å². The fraction of sp³-hybridized carbons (Fsp3) is 0.381. The normalized spacial score (nSPS) is 14.1. The molecule has 2 amide bonds. The van der Waals surface area contributed by atoms with Crippen molar-refractivity contribution in [2.24, 2.45) is 0 Å². The summed E-state index contributed by atoms with van der Waals surface area (Å²) in [5, 5.41) is 3.64. The number of methoxy groups -OCH3 is 1. The molecule has 2 aromatic rings. The number of halogens is 1. The molecule has 0 unspecified atom stereocenters. The van der Waals surface area contributed by atoms with Crippen LogP contribution in [0.4, 0.5) is 10.5 Å². The standard InChI is InChI=1S/C21H26ClN3O2/c1-27-20-10-9-18(16-19(20)22)24-12-14-25(15-13-24)21(26)23-11-5-8-17-6-3-2-4-7-17/h2-4,6-7,9-10,16H,5,8,11-15H2,1H3,(H,23,26). The Labute approximate surface area is 165 Å². The van der Waals surface area contributed by atoms with E-state index >= 15 is 0 Å². The molecule has 0 aliphatic carbocycles. The second kappa shape index (κ2) is 9.51. The molecule has 1 heterocycles. The Hall–Kier alpha value is -2.40. The molecule has 0 bridgehead atoms. The monoisotopic (exact) mass is 387 g/mol. The lowest BCUT2D eigenvalue weighted by atomic mass is 10.1. The van der Waals surface area contributed by atoms with E-state index in [0.29, 0.717) is 30.4 Å². The van der Waals surface area contributed by atoms with E-state index in [9.17, 15) is 4.79 Å². The van der Waals surface area contributed by atoms with E-state index in [0.717, 1.165) is 31.6 Å². The van der Waals surface area contributed by atoms with Crippen LogP contribution in [-0.2, 0) is 6.42 Å². The second-order valence-electron chi connectivity index (χ2n) is 6.61. The Kier molecular flexibility index (Phi) is 6.82. The van der Waals surface area contributed by atoms with Crippen LogP contribution in [0.25, 0.3) is 0 Å². The van der Waals surface area contributed by atoms with Crippen LogP contribution in [0.1, 0.15) is 12.0 Å². The van der Waals surface area contributed by atoms with E-state index < -0.39 is 0 Å². The molecule has 0 spiro atoms. The Morgan fingerprint density at radius 2 is 1.85 bits per heavy atom. The molecular weight excluding hydrogens is 362 g/mol. The molecule has 0 saturated carbocycles. The number of anilines is 1. The second-order valence-corrected chi connectivity index (χ2v) is 7.02. The van der Waals surface area contributed by atoms with Crippen LogP contribution in [0.2, 0.25) is 5.02 Å². The summed E-state index contributed by atoms with van der Waals surface area (Å²) in [4.78, 5) is 16.5. The fourth-order valence-electron chi connectivity index (χ4n) is 3.26. The van der Waals surface area contributed by atoms with Crippen molar-refractivity contribution >= 4 is 23.3 Å². The molecule has 3 rings (SSSR count). The molecule has 5 nitrogen and oxygen atoms in total. The Bertz CT molecular complexity index is 746. The van der Waals surface area contributed by atoms with Crippen LogP contribution in [-0.4, -0.2) is 50.8 Å². The van der Waals surface area contributed by atoms with Gasteiger partial charge in [0.1, 0.15) is 5.75 Å². The first-order chi connectivity index (χ1) is 13.2. The first kappa shape index (κ1) is 19.4. The SMILES string of the molecule is COc1ccc(N2CCN(C(=O)NCCCc3ccccc3)CC2)cc1Cl. The van der Waals surface area contributed by atoms with Gasteiger partial charge in [-0.05, 0) is 36.6 Å². The summed E-state index contributed by atoms with van der Waals surface area (Å²) in [6.07, 6.45) is 1.92.